The third-order valence-corrected chi connectivity index (χ3v) is 4.32. The molecular weight excluding hydrogens is 278 g/mol. The van der Waals surface area contributed by atoms with Crippen LogP contribution in [0.15, 0.2) is 16.9 Å². The first-order chi connectivity index (χ1) is 10.6. The van der Waals surface area contributed by atoms with E-state index < -0.39 is 0 Å². The standard InChI is InChI=1S/C16H25N5O/c1-12(2)21-9-8-17-15(21)11-20(3)10-14-18-16(22-19-14)13-6-4-5-7-13/h8-9,12-13H,4-7,10-11H2,1-3H3. The van der Waals surface area contributed by atoms with Crippen LogP contribution in [-0.4, -0.2) is 31.6 Å². The molecule has 22 heavy (non-hydrogen) atoms. The lowest BCUT2D eigenvalue weighted by atomic mass is 10.1. The summed E-state index contributed by atoms with van der Waals surface area (Å²) in [4.78, 5) is 11.2. The van der Waals surface area contributed by atoms with E-state index in [-0.39, 0.29) is 0 Å². The topological polar surface area (TPSA) is 60.0 Å². The summed E-state index contributed by atoms with van der Waals surface area (Å²) >= 11 is 0. The average molecular weight is 303 g/mol. The van der Waals surface area contributed by atoms with Gasteiger partial charge in [-0.1, -0.05) is 18.0 Å². The number of rotatable bonds is 6. The van der Waals surface area contributed by atoms with Crippen LogP contribution in [0.1, 0.15) is 69.0 Å². The summed E-state index contributed by atoms with van der Waals surface area (Å²) in [5.74, 6) is 3.14. The van der Waals surface area contributed by atoms with Gasteiger partial charge in [-0.15, -0.1) is 0 Å². The fourth-order valence-corrected chi connectivity index (χ4v) is 3.15. The fourth-order valence-electron chi connectivity index (χ4n) is 3.15. The molecule has 1 aliphatic rings. The Morgan fingerprint density at radius 1 is 1.32 bits per heavy atom. The van der Waals surface area contributed by atoms with Crippen molar-refractivity contribution in [3.05, 3.63) is 29.9 Å². The Balaban J connectivity index is 1.59. The van der Waals surface area contributed by atoms with Crippen LogP contribution in [0.25, 0.3) is 0 Å². The molecule has 1 aliphatic carbocycles. The van der Waals surface area contributed by atoms with Gasteiger partial charge in [0, 0.05) is 24.4 Å². The van der Waals surface area contributed by atoms with Crippen LogP contribution < -0.4 is 0 Å². The Labute approximate surface area is 131 Å². The lowest BCUT2D eigenvalue weighted by Gasteiger charge is -2.17. The normalized spacial score (nSPS) is 16.2. The Bertz CT molecular complexity index is 597. The van der Waals surface area contributed by atoms with Crippen LogP contribution in [0, 0.1) is 0 Å². The smallest absolute Gasteiger partial charge is 0.229 e. The van der Waals surface area contributed by atoms with Crippen molar-refractivity contribution < 1.29 is 4.52 Å². The first kappa shape index (κ1) is 15.2. The zero-order chi connectivity index (χ0) is 15.5. The molecule has 0 aliphatic heterocycles. The van der Waals surface area contributed by atoms with E-state index in [4.69, 9.17) is 4.52 Å². The van der Waals surface area contributed by atoms with Crippen LogP contribution in [0.4, 0.5) is 0 Å². The van der Waals surface area contributed by atoms with Gasteiger partial charge in [0.15, 0.2) is 5.82 Å². The molecule has 0 atom stereocenters. The summed E-state index contributed by atoms with van der Waals surface area (Å²) in [6.07, 6.45) is 8.81. The molecule has 0 unspecified atom stereocenters. The summed E-state index contributed by atoms with van der Waals surface area (Å²) in [7, 11) is 2.06. The highest BCUT2D eigenvalue weighted by atomic mass is 16.5. The number of imidazole rings is 1. The van der Waals surface area contributed by atoms with Crippen molar-refractivity contribution in [2.45, 2.75) is 64.6 Å². The third kappa shape index (κ3) is 3.38. The van der Waals surface area contributed by atoms with Crippen molar-refractivity contribution in [3.8, 4) is 0 Å². The van der Waals surface area contributed by atoms with E-state index in [2.05, 4.69) is 45.5 Å². The lowest BCUT2D eigenvalue weighted by molar-refractivity contribution is 0.285. The monoisotopic (exact) mass is 303 g/mol. The summed E-state index contributed by atoms with van der Waals surface area (Å²) in [6, 6.07) is 0.421. The second kappa shape index (κ2) is 6.60. The van der Waals surface area contributed by atoms with Crippen LogP contribution in [0.2, 0.25) is 0 Å². The van der Waals surface area contributed by atoms with Gasteiger partial charge in [0.1, 0.15) is 5.82 Å². The van der Waals surface area contributed by atoms with Crippen LogP contribution in [0.5, 0.6) is 0 Å². The highest BCUT2D eigenvalue weighted by Crippen LogP contribution is 2.32. The number of aromatic nitrogens is 4. The van der Waals surface area contributed by atoms with E-state index in [0.717, 1.165) is 24.1 Å². The summed E-state index contributed by atoms with van der Waals surface area (Å²) < 4.78 is 7.63. The minimum absolute atomic E-state index is 0.421. The molecule has 2 heterocycles. The van der Waals surface area contributed by atoms with Gasteiger partial charge < -0.3 is 9.09 Å². The predicted octanol–water partition coefficient (Wildman–Crippen LogP) is 3.14. The quantitative estimate of drug-likeness (QED) is 0.820. The molecule has 0 aromatic carbocycles. The Morgan fingerprint density at radius 2 is 2.09 bits per heavy atom. The Hall–Kier alpha value is -1.69. The average Bonchev–Trinajstić information content (AvgIpc) is 3.18. The van der Waals surface area contributed by atoms with Gasteiger partial charge in [0.25, 0.3) is 0 Å². The van der Waals surface area contributed by atoms with Crippen molar-refractivity contribution >= 4 is 0 Å². The number of nitrogens with zero attached hydrogens (tertiary/aromatic N) is 5. The Kier molecular flexibility index (Phi) is 4.57. The largest absolute Gasteiger partial charge is 0.339 e. The minimum Gasteiger partial charge on any atom is -0.339 e. The second-order valence-electron chi connectivity index (χ2n) is 6.55. The van der Waals surface area contributed by atoms with E-state index in [9.17, 15) is 0 Å². The maximum atomic E-state index is 5.44. The van der Waals surface area contributed by atoms with E-state index in [1.165, 1.54) is 25.7 Å². The summed E-state index contributed by atoms with van der Waals surface area (Å²) in [6.45, 7) is 5.79. The molecule has 2 aromatic heterocycles. The summed E-state index contributed by atoms with van der Waals surface area (Å²) in [5, 5.41) is 4.13. The molecular formula is C16H25N5O. The molecule has 1 saturated carbocycles. The van der Waals surface area contributed by atoms with Gasteiger partial charge >= 0.3 is 0 Å². The molecule has 6 nitrogen and oxygen atoms in total. The maximum absolute atomic E-state index is 5.44. The highest BCUT2D eigenvalue weighted by Gasteiger charge is 2.23. The zero-order valence-electron chi connectivity index (χ0n) is 13.7. The number of hydrogen-bond acceptors (Lipinski definition) is 5. The van der Waals surface area contributed by atoms with Crippen molar-refractivity contribution in [2.24, 2.45) is 0 Å². The molecule has 0 spiro atoms. The predicted molar refractivity (Wildman–Crippen MR) is 83.3 cm³/mol. The molecule has 0 saturated heterocycles. The van der Waals surface area contributed by atoms with Crippen molar-refractivity contribution in [1.29, 1.82) is 0 Å². The van der Waals surface area contributed by atoms with Gasteiger partial charge in [-0.2, -0.15) is 4.98 Å². The molecule has 0 bridgehead atoms. The molecule has 2 aromatic rings. The van der Waals surface area contributed by atoms with Crippen LogP contribution >= 0.6 is 0 Å². The SMILES string of the molecule is CC(C)n1ccnc1CN(C)Cc1noc(C2CCCC2)n1. The van der Waals surface area contributed by atoms with E-state index in [0.29, 0.717) is 18.5 Å². The molecule has 0 N–H and O–H groups in total. The van der Waals surface area contributed by atoms with Crippen LogP contribution in [0.3, 0.4) is 0 Å². The maximum Gasteiger partial charge on any atom is 0.229 e. The molecule has 1 fully saturated rings. The number of hydrogen-bond donors (Lipinski definition) is 0. The van der Waals surface area contributed by atoms with Crippen molar-refractivity contribution in [2.75, 3.05) is 7.05 Å². The third-order valence-electron chi connectivity index (χ3n) is 4.32. The summed E-state index contributed by atoms with van der Waals surface area (Å²) in [5.41, 5.74) is 0. The molecule has 120 valence electrons. The van der Waals surface area contributed by atoms with E-state index >= 15 is 0 Å². The van der Waals surface area contributed by atoms with Gasteiger partial charge in [-0.05, 0) is 33.7 Å². The van der Waals surface area contributed by atoms with E-state index in [1.807, 2.05) is 12.4 Å². The van der Waals surface area contributed by atoms with Crippen LogP contribution in [-0.2, 0) is 13.1 Å². The fraction of sp³-hybridized carbons (Fsp3) is 0.688. The zero-order valence-corrected chi connectivity index (χ0v) is 13.7. The first-order valence-corrected chi connectivity index (χ1v) is 8.16. The Morgan fingerprint density at radius 3 is 2.82 bits per heavy atom. The van der Waals surface area contributed by atoms with E-state index in [1.54, 1.807) is 0 Å². The van der Waals surface area contributed by atoms with Gasteiger partial charge in [0.2, 0.25) is 5.89 Å². The van der Waals surface area contributed by atoms with Crippen molar-refractivity contribution in [3.63, 3.8) is 0 Å². The first-order valence-electron chi connectivity index (χ1n) is 8.16. The van der Waals surface area contributed by atoms with Gasteiger partial charge in [-0.25, -0.2) is 4.98 Å². The lowest BCUT2D eigenvalue weighted by Crippen LogP contribution is -2.21. The van der Waals surface area contributed by atoms with Crippen molar-refractivity contribution in [1.82, 2.24) is 24.6 Å². The van der Waals surface area contributed by atoms with Gasteiger partial charge in [0.05, 0.1) is 13.1 Å². The molecule has 0 amide bonds. The minimum atomic E-state index is 0.421. The molecule has 0 radical (unpaired) electrons. The second-order valence-corrected chi connectivity index (χ2v) is 6.55. The highest BCUT2D eigenvalue weighted by molar-refractivity contribution is 4.98. The molecule has 3 rings (SSSR count). The molecule has 6 heteroatoms. The van der Waals surface area contributed by atoms with Gasteiger partial charge in [-0.3, -0.25) is 4.90 Å².